The van der Waals surface area contributed by atoms with E-state index in [1.807, 2.05) is 36.4 Å². The van der Waals surface area contributed by atoms with Gasteiger partial charge in [-0.05, 0) is 214 Å². The fourth-order valence-electron chi connectivity index (χ4n) is 10.2. The van der Waals surface area contributed by atoms with Crippen LogP contribution >= 0.6 is 0 Å². The fourth-order valence-corrected chi connectivity index (χ4v) is 10.2. The highest BCUT2D eigenvalue weighted by Crippen LogP contribution is 2.44. The predicted octanol–water partition coefficient (Wildman–Crippen LogP) is 19.1. The Hall–Kier alpha value is -9.98. The van der Waals surface area contributed by atoms with E-state index in [-0.39, 0.29) is 0 Å². The molecule has 0 aliphatic heterocycles. The van der Waals surface area contributed by atoms with Gasteiger partial charge in [0, 0.05) is 68.2 Å². The molecule has 0 aromatic heterocycles. The van der Waals surface area contributed by atoms with Crippen molar-refractivity contribution < 1.29 is 14.2 Å². The minimum Gasteiger partial charge on any atom is -0.497 e. The van der Waals surface area contributed by atoms with Crippen molar-refractivity contribution >= 4 is 101 Å². The van der Waals surface area contributed by atoms with Crippen molar-refractivity contribution in [1.29, 1.82) is 0 Å². The Morgan fingerprint density at radius 2 is 0.355 bits per heavy atom. The number of methoxy groups -OCH3 is 3. The van der Waals surface area contributed by atoms with Gasteiger partial charge in [0.15, 0.2) is 0 Å². The van der Waals surface area contributed by atoms with Crippen molar-refractivity contribution in [3.63, 3.8) is 0 Å². The Kier molecular flexibility index (Phi) is 12.9. The molecule has 0 saturated carbocycles. The zero-order valence-corrected chi connectivity index (χ0v) is 42.5. The Bertz CT molecular complexity index is 3530. The van der Waals surface area contributed by atoms with E-state index in [4.69, 9.17) is 14.2 Å². The van der Waals surface area contributed by atoms with E-state index in [0.717, 1.165) is 118 Å². The molecule has 0 bridgehead atoms. The molecule has 12 rings (SSSR count). The molecule has 0 aliphatic carbocycles. The molecule has 368 valence electrons. The maximum atomic E-state index is 5.52. The monoisotopic (exact) mass is 986 g/mol. The van der Waals surface area contributed by atoms with Gasteiger partial charge in [-0.15, -0.1) is 0 Å². The van der Waals surface area contributed by atoms with Crippen LogP contribution in [0.2, 0.25) is 0 Å². The first-order valence-electron chi connectivity index (χ1n) is 25.4. The van der Waals surface area contributed by atoms with Crippen LogP contribution < -0.4 is 33.8 Å². The highest BCUT2D eigenvalue weighted by Gasteiger charge is 2.20. The van der Waals surface area contributed by atoms with Crippen LogP contribution in [0, 0.1) is 0 Å². The summed E-state index contributed by atoms with van der Waals surface area (Å²) in [5.41, 5.74) is 12.7. The molecule has 0 N–H and O–H groups in total. The number of fused-ring (bicyclic) bond motifs is 3. The van der Waals surface area contributed by atoms with Gasteiger partial charge < -0.3 is 33.8 Å². The number of ether oxygens (including phenoxy) is 3. The van der Waals surface area contributed by atoms with Crippen LogP contribution in [-0.2, 0) is 0 Å². The zero-order chi connectivity index (χ0) is 51.4. The van der Waals surface area contributed by atoms with E-state index in [2.05, 4.69) is 256 Å². The molecule has 0 fully saturated rings. The largest absolute Gasteiger partial charge is 0.497 e. The summed E-state index contributed by atoms with van der Waals surface area (Å²) in [5.74, 6) is 2.45. The predicted molar refractivity (Wildman–Crippen MR) is 317 cm³/mol. The summed E-state index contributed by atoms with van der Waals surface area (Å²) in [6.07, 6.45) is 0. The second-order valence-corrected chi connectivity index (χ2v) is 18.6. The average Bonchev–Trinajstić information content (AvgIpc) is 3.51. The van der Waals surface area contributed by atoms with Gasteiger partial charge >= 0.3 is 0 Å². The second-order valence-electron chi connectivity index (χ2n) is 18.6. The van der Waals surface area contributed by atoms with Crippen molar-refractivity contribution in [2.45, 2.75) is 0 Å². The van der Waals surface area contributed by atoms with E-state index in [9.17, 15) is 0 Å². The smallest absolute Gasteiger partial charge is 0.119 e. The SMILES string of the molecule is COc1ccc(N(c2ccccc2)c2ccc3cc(N(c4ccc5cc(N(c6ccccc6)c6ccc(OC)cc6)ccc5c4)c4ccc5cc(N(c6ccccc6)c6ccc(OC)cc6)ccc5c4)ccc3c2)cc1. The molecular formula is C69H54N4O3. The third-order valence-electron chi connectivity index (χ3n) is 14.0. The summed E-state index contributed by atoms with van der Waals surface area (Å²) in [6.45, 7) is 0. The Morgan fingerprint density at radius 3 is 0.553 bits per heavy atom. The van der Waals surface area contributed by atoms with Crippen molar-refractivity contribution in [2.75, 3.05) is 40.9 Å². The Morgan fingerprint density at radius 1 is 0.184 bits per heavy atom. The summed E-state index contributed by atoms with van der Waals surface area (Å²) in [6, 6.07) is 96.7. The summed E-state index contributed by atoms with van der Waals surface area (Å²) in [4.78, 5) is 9.23. The summed E-state index contributed by atoms with van der Waals surface area (Å²) >= 11 is 0. The molecule has 7 heteroatoms. The molecule has 12 aromatic carbocycles. The summed E-state index contributed by atoms with van der Waals surface area (Å²) < 4.78 is 16.6. The number of hydrogen-bond donors (Lipinski definition) is 0. The molecule has 0 heterocycles. The van der Waals surface area contributed by atoms with Gasteiger partial charge in [0.05, 0.1) is 21.3 Å². The van der Waals surface area contributed by atoms with Crippen molar-refractivity contribution in [2.24, 2.45) is 0 Å². The van der Waals surface area contributed by atoms with Gasteiger partial charge in [-0.25, -0.2) is 0 Å². The lowest BCUT2D eigenvalue weighted by atomic mass is 10.0. The van der Waals surface area contributed by atoms with Crippen LogP contribution in [-0.4, -0.2) is 21.3 Å². The lowest BCUT2D eigenvalue weighted by Gasteiger charge is -2.28. The maximum absolute atomic E-state index is 5.52. The number of benzene rings is 12. The van der Waals surface area contributed by atoms with E-state index in [1.165, 1.54) is 0 Å². The maximum Gasteiger partial charge on any atom is 0.119 e. The number of hydrogen-bond acceptors (Lipinski definition) is 7. The van der Waals surface area contributed by atoms with Crippen LogP contribution in [0.3, 0.4) is 0 Å². The molecule has 0 radical (unpaired) electrons. The number of para-hydroxylation sites is 3. The van der Waals surface area contributed by atoms with Gasteiger partial charge in [-0.1, -0.05) is 91.0 Å². The molecule has 7 nitrogen and oxygen atoms in total. The minimum atomic E-state index is 0.818. The lowest BCUT2D eigenvalue weighted by Crippen LogP contribution is -2.11. The van der Waals surface area contributed by atoms with Crippen molar-refractivity contribution in [1.82, 2.24) is 0 Å². The van der Waals surface area contributed by atoms with Gasteiger partial charge in [0.2, 0.25) is 0 Å². The Balaban J connectivity index is 0.957. The molecular weight excluding hydrogens is 933 g/mol. The van der Waals surface area contributed by atoms with E-state index < -0.39 is 0 Å². The normalized spacial score (nSPS) is 11.1. The Labute approximate surface area is 443 Å². The van der Waals surface area contributed by atoms with Crippen LogP contribution in [0.1, 0.15) is 0 Å². The molecule has 0 aliphatic rings. The number of anilines is 12. The van der Waals surface area contributed by atoms with Crippen LogP contribution in [0.25, 0.3) is 32.3 Å². The third kappa shape index (κ3) is 9.45. The summed E-state index contributed by atoms with van der Waals surface area (Å²) in [7, 11) is 5.09. The first kappa shape index (κ1) is 47.1. The van der Waals surface area contributed by atoms with Gasteiger partial charge in [-0.2, -0.15) is 0 Å². The van der Waals surface area contributed by atoms with Crippen LogP contribution in [0.5, 0.6) is 17.2 Å². The number of nitrogens with zero attached hydrogens (tertiary/aromatic N) is 4. The van der Waals surface area contributed by atoms with Crippen LogP contribution in [0.15, 0.2) is 273 Å². The van der Waals surface area contributed by atoms with E-state index >= 15 is 0 Å². The topological polar surface area (TPSA) is 40.7 Å². The average molecular weight is 987 g/mol. The second kappa shape index (κ2) is 20.9. The molecule has 0 atom stereocenters. The quantitative estimate of drug-likeness (QED) is 0.101. The fraction of sp³-hybridized carbons (Fsp3) is 0.0435. The van der Waals surface area contributed by atoms with Gasteiger partial charge in [0.1, 0.15) is 17.2 Å². The molecule has 0 spiro atoms. The molecule has 0 amide bonds. The molecule has 0 saturated heterocycles. The van der Waals surface area contributed by atoms with E-state index in [1.54, 1.807) is 21.3 Å². The van der Waals surface area contributed by atoms with E-state index in [0.29, 0.717) is 0 Å². The van der Waals surface area contributed by atoms with Crippen LogP contribution in [0.4, 0.5) is 68.2 Å². The minimum absolute atomic E-state index is 0.818. The summed E-state index contributed by atoms with van der Waals surface area (Å²) in [5, 5.41) is 6.78. The first-order valence-corrected chi connectivity index (χ1v) is 25.4. The lowest BCUT2D eigenvalue weighted by molar-refractivity contribution is 0.414. The standard InChI is InChI=1S/C69H54N4O3/c1-74-67-37-31-58(32-38-67)70(55-13-7-4-8-14-55)61-25-19-52-46-64(28-22-49(52)43-61)73(65-29-23-50-44-62(26-20-53(50)47-65)71(56-15-9-5-10-16-56)59-33-39-68(75-2)40-34-59)66-30-24-51-45-63(27-21-54(51)48-66)72(57-17-11-6-12-18-57)60-35-41-69(76-3)42-36-60/h4-48H,1-3H3. The zero-order valence-electron chi connectivity index (χ0n) is 42.5. The third-order valence-corrected chi connectivity index (χ3v) is 14.0. The van der Waals surface area contributed by atoms with Crippen molar-refractivity contribution in [3.05, 3.63) is 273 Å². The molecule has 12 aromatic rings. The molecule has 0 unspecified atom stereocenters. The first-order chi connectivity index (χ1) is 37.5. The van der Waals surface area contributed by atoms with Gasteiger partial charge in [0.25, 0.3) is 0 Å². The number of rotatable bonds is 15. The molecule has 76 heavy (non-hydrogen) atoms. The highest BCUT2D eigenvalue weighted by molar-refractivity contribution is 5.98. The van der Waals surface area contributed by atoms with Gasteiger partial charge in [-0.3, -0.25) is 0 Å². The van der Waals surface area contributed by atoms with Crippen molar-refractivity contribution in [3.8, 4) is 17.2 Å². The highest BCUT2D eigenvalue weighted by atomic mass is 16.5.